The van der Waals surface area contributed by atoms with Gasteiger partial charge in [0.05, 0.1) is 5.60 Å². The third kappa shape index (κ3) is 2.84. The molecule has 0 saturated carbocycles. The van der Waals surface area contributed by atoms with E-state index in [0.717, 1.165) is 5.75 Å². The summed E-state index contributed by atoms with van der Waals surface area (Å²) in [4.78, 5) is 0. The fourth-order valence-corrected chi connectivity index (χ4v) is 1.39. The maximum atomic E-state index is 9.78. The zero-order valence-electron chi connectivity index (χ0n) is 9.13. The van der Waals surface area contributed by atoms with Crippen LogP contribution >= 0.6 is 0 Å². The van der Waals surface area contributed by atoms with Crippen molar-refractivity contribution in [3.05, 3.63) is 66.5 Å². The van der Waals surface area contributed by atoms with Crippen molar-refractivity contribution in [1.82, 2.24) is 0 Å². The maximum absolute atomic E-state index is 9.78. The lowest BCUT2D eigenvalue weighted by molar-refractivity contribution is 0.164. The molecule has 0 bridgehead atoms. The number of rotatable bonds is 2. The van der Waals surface area contributed by atoms with Crippen molar-refractivity contribution >= 4 is 0 Å². The van der Waals surface area contributed by atoms with Gasteiger partial charge in [0, 0.05) is 0 Å². The average molecular weight is 214 g/mol. The van der Waals surface area contributed by atoms with Crippen LogP contribution in [0.1, 0.15) is 6.92 Å². The Morgan fingerprint density at radius 1 is 1.12 bits per heavy atom. The number of hydrogen-bond acceptors (Lipinski definition) is 2. The van der Waals surface area contributed by atoms with E-state index in [1.54, 1.807) is 31.2 Å². The molecule has 1 aliphatic carbocycles. The molecular weight excluding hydrogens is 200 g/mol. The van der Waals surface area contributed by atoms with Crippen molar-refractivity contribution in [3.63, 3.8) is 0 Å². The summed E-state index contributed by atoms with van der Waals surface area (Å²) in [5, 5.41) is 9.78. The highest BCUT2D eigenvalue weighted by atomic mass is 16.5. The van der Waals surface area contributed by atoms with Gasteiger partial charge in [0.25, 0.3) is 0 Å². The van der Waals surface area contributed by atoms with E-state index >= 15 is 0 Å². The minimum absolute atomic E-state index is 0.709. The third-order valence-electron chi connectivity index (χ3n) is 2.26. The average Bonchev–Trinajstić information content (AvgIpc) is 2.42. The molecule has 2 heteroatoms. The number of hydrogen-bond donors (Lipinski definition) is 1. The SMILES string of the molecule is CC1(O)C=CC=C(Oc2ccccc2)C=C1. The van der Waals surface area contributed by atoms with E-state index in [1.807, 2.05) is 36.4 Å². The van der Waals surface area contributed by atoms with Gasteiger partial charge >= 0.3 is 0 Å². The van der Waals surface area contributed by atoms with E-state index < -0.39 is 5.60 Å². The van der Waals surface area contributed by atoms with Crippen LogP contribution in [0.2, 0.25) is 0 Å². The van der Waals surface area contributed by atoms with Crippen LogP contribution in [0.4, 0.5) is 0 Å². The molecule has 1 N–H and O–H groups in total. The van der Waals surface area contributed by atoms with E-state index in [2.05, 4.69) is 0 Å². The van der Waals surface area contributed by atoms with Crippen LogP contribution in [-0.4, -0.2) is 10.7 Å². The molecule has 16 heavy (non-hydrogen) atoms. The van der Waals surface area contributed by atoms with Gasteiger partial charge in [-0.15, -0.1) is 0 Å². The van der Waals surface area contributed by atoms with Gasteiger partial charge in [-0.25, -0.2) is 0 Å². The highest BCUT2D eigenvalue weighted by molar-refractivity contribution is 5.33. The van der Waals surface area contributed by atoms with Crippen LogP contribution in [0.25, 0.3) is 0 Å². The molecule has 0 spiro atoms. The fourth-order valence-electron chi connectivity index (χ4n) is 1.39. The van der Waals surface area contributed by atoms with Gasteiger partial charge in [-0.1, -0.05) is 24.3 Å². The van der Waals surface area contributed by atoms with E-state index in [9.17, 15) is 5.11 Å². The molecule has 1 aromatic rings. The number of allylic oxidation sites excluding steroid dienone is 3. The molecule has 0 heterocycles. The normalized spacial score (nSPS) is 23.8. The highest BCUT2D eigenvalue weighted by Gasteiger charge is 2.12. The number of benzene rings is 1. The Labute approximate surface area is 95.2 Å². The lowest BCUT2D eigenvalue weighted by Crippen LogP contribution is -2.15. The van der Waals surface area contributed by atoms with Crippen molar-refractivity contribution in [2.75, 3.05) is 0 Å². The van der Waals surface area contributed by atoms with Gasteiger partial charge in [0.15, 0.2) is 0 Å². The quantitative estimate of drug-likeness (QED) is 0.820. The summed E-state index contributed by atoms with van der Waals surface area (Å²) < 4.78 is 5.64. The van der Waals surface area contributed by atoms with E-state index in [-0.39, 0.29) is 0 Å². The smallest absolute Gasteiger partial charge is 0.127 e. The molecule has 1 aromatic carbocycles. The largest absolute Gasteiger partial charge is 0.457 e. The second-order valence-electron chi connectivity index (χ2n) is 3.90. The lowest BCUT2D eigenvalue weighted by atomic mass is 10.1. The first kappa shape index (κ1) is 10.7. The summed E-state index contributed by atoms with van der Waals surface area (Å²) in [5.41, 5.74) is -0.904. The Kier molecular flexibility index (Phi) is 2.93. The molecule has 0 amide bonds. The van der Waals surface area contributed by atoms with Gasteiger partial charge < -0.3 is 9.84 Å². The first-order chi connectivity index (χ1) is 7.66. The summed E-state index contributed by atoms with van der Waals surface area (Å²) >= 11 is 0. The maximum Gasteiger partial charge on any atom is 0.127 e. The molecule has 82 valence electrons. The molecule has 0 aromatic heterocycles. The molecule has 0 radical (unpaired) electrons. The molecule has 2 rings (SSSR count). The van der Waals surface area contributed by atoms with Crippen LogP contribution in [0.15, 0.2) is 66.5 Å². The topological polar surface area (TPSA) is 29.5 Å². The Morgan fingerprint density at radius 2 is 1.88 bits per heavy atom. The molecule has 1 aliphatic rings. The standard InChI is InChI=1S/C14H14O2/c1-14(15)10-5-8-13(9-11-14)16-12-6-3-2-4-7-12/h2-11,15H,1H3. The fraction of sp³-hybridized carbons (Fsp3) is 0.143. The summed E-state index contributed by atoms with van der Waals surface area (Å²) in [5.74, 6) is 1.49. The van der Waals surface area contributed by atoms with Crippen LogP contribution in [0.5, 0.6) is 5.75 Å². The molecule has 0 saturated heterocycles. The molecule has 1 atom stereocenters. The minimum Gasteiger partial charge on any atom is -0.457 e. The molecule has 0 fully saturated rings. The second kappa shape index (κ2) is 4.37. The number of para-hydroxylation sites is 1. The van der Waals surface area contributed by atoms with Crippen molar-refractivity contribution in [2.24, 2.45) is 0 Å². The number of aliphatic hydroxyl groups is 1. The van der Waals surface area contributed by atoms with Crippen LogP contribution in [0.3, 0.4) is 0 Å². The Balaban J connectivity index is 2.13. The molecule has 1 unspecified atom stereocenters. The summed E-state index contributed by atoms with van der Waals surface area (Å²) in [6.45, 7) is 1.72. The van der Waals surface area contributed by atoms with Gasteiger partial charge in [-0.05, 0) is 43.4 Å². The van der Waals surface area contributed by atoms with Crippen molar-refractivity contribution < 1.29 is 9.84 Å². The minimum atomic E-state index is -0.904. The van der Waals surface area contributed by atoms with Crippen LogP contribution in [0, 0.1) is 0 Å². The van der Waals surface area contributed by atoms with Crippen molar-refractivity contribution in [2.45, 2.75) is 12.5 Å². The predicted octanol–water partition coefficient (Wildman–Crippen LogP) is 2.83. The second-order valence-corrected chi connectivity index (χ2v) is 3.90. The third-order valence-corrected chi connectivity index (χ3v) is 2.26. The molecule has 2 nitrogen and oxygen atoms in total. The van der Waals surface area contributed by atoms with Gasteiger partial charge in [-0.3, -0.25) is 0 Å². The van der Waals surface area contributed by atoms with Crippen LogP contribution in [-0.2, 0) is 0 Å². The van der Waals surface area contributed by atoms with E-state index in [0.29, 0.717) is 5.76 Å². The first-order valence-electron chi connectivity index (χ1n) is 5.20. The zero-order chi connectivity index (χ0) is 11.4. The van der Waals surface area contributed by atoms with Gasteiger partial charge in [0.2, 0.25) is 0 Å². The van der Waals surface area contributed by atoms with Crippen molar-refractivity contribution in [1.29, 1.82) is 0 Å². The highest BCUT2D eigenvalue weighted by Crippen LogP contribution is 2.18. The van der Waals surface area contributed by atoms with Crippen molar-refractivity contribution in [3.8, 4) is 5.75 Å². The Bertz CT molecular complexity index is 439. The van der Waals surface area contributed by atoms with Crippen LogP contribution < -0.4 is 4.74 Å². The Hall–Kier alpha value is -1.80. The summed E-state index contributed by atoms with van der Waals surface area (Å²) in [6.07, 6.45) is 8.80. The first-order valence-corrected chi connectivity index (χ1v) is 5.20. The van der Waals surface area contributed by atoms with Gasteiger partial charge in [0.1, 0.15) is 11.5 Å². The van der Waals surface area contributed by atoms with Gasteiger partial charge in [-0.2, -0.15) is 0 Å². The van der Waals surface area contributed by atoms with E-state index in [4.69, 9.17) is 4.74 Å². The van der Waals surface area contributed by atoms with E-state index in [1.165, 1.54) is 0 Å². The summed E-state index contributed by atoms with van der Waals surface area (Å²) in [6, 6.07) is 9.56. The molecular formula is C14H14O2. The zero-order valence-corrected chi connectivity index (χ0v) is 9.13. The Morgan fingerprint density at radius 3 is 2.62 bits per heavy atom. The molecule has 0 aliphatic heterocycles. The summed E-state index contributed by atoms with van der Waals surface area (Å²) in [7, 11) is 0. The lowest BCUT2D eigenvalue weighted by Gasteiger charge is -2.11. The predicted molar refractivity (Wildman–Crippen MR) is 64.1 cm³/mol. The monoisotopic (exact) mass is 214 g/mol. The number of ether oxygens (including phenoxy) is 1.